The normalized spacial score (nSPS) is 11.0. The van der Waals surface area contributed by atoms with Crippen LogP contribution < -0.4 is 5.32 Å². The molecule has 4 aromatic rings. The fourth-order valence-electron chi connectivity index (χ4n) is 3.38. The largest absolute Gasteiger partial charge is 0.352 e. The molecule has 0 saturated heterocycles. The highest BCUT2D eigenvalue weighted by molar-refractivity contribution is 7.71. The van der Waals surface area contributed by atoms with E-state index in [2.05, 4.69) is 20.5 Å². The molecule has 2 N–H and O–H groups in total. The number of aromatic nitrogens is 4. The Balaban J connectivity index is 1.61. The van der Waals surface area contributed by atoms with E-state index in [0.717, 1.165) is 16.8 Å². The molecule has 0 radical (unpaired) electrons. The number of rotatable bonds is 6. The number of H-pyrrole nitrogens is 1. The van der Waals surface area contributed by atoms with Crippen molar-refractivity contribution in [1.29, 1.82) is 0 Å². The molecule has 0 spiro atoms. The molecule has 1 amide bonds. The van der Waals surface area contributed by atoms with Crippen LogP contribution in [0.2, 0.25) is 0 Å². The highest BCUT2D eigenvalue weighted by Gasteiger charge is 2.14. The number of carbonyl (C=O) groups excluding carboxylic acids is 1. The van der Waals surface area contributed by atoms with Crippen molar-refractivity contribution in [3.8, 4) is 11.3 Å². The van der Waals surface area contributed by atoms with Gasteiger partial charge < -0.3 is 9.88 Å². The van der Waals surface area contributed by atoms with Crippen molar-refractivity contribution < 1.29 is 9.18 Å². The molecule has 2 aromatic heterocycles. The number of aromatic amines is 1. The van der Waals surface area contributed by atoms with Gasteiger partial charge in [-0.05, 0) is 55.5 Å². The van der Waals surface area contributed by atoms with E-state index < -0.39 is 0 Å². The Hall–Kier alpha value is -3.39. The molecule has 2 heterocycles. The van der Waals surface area contributed by atoms with E-state index in [1.807, 2.05) is 35.8 Å². The number of nitrogens with zero attached hydrogens (tertiary/aromatic N) is 3. The third-order valence-electron chi connectivity index (χ3n) is 4.89. The molecule has 0 aliphatic rings. The summed E-state index contributed by atoms with van der Waals surface area (Å²) < 4.78 is 15.8. The number of hydrogen-bond acceptors (Lipinski definition) is 4. The summed E-state index contributed by atoms with van der Waals surface area (Å²) in [6, 6.07) is 15.3. The van der Waals surface area contributed by atoms with Crippen molar-refractivity contribution in [1.82, 2.24) is 25.1 Å². The van der Waals surface area contributed by atoms with E-state index in [0.29, 0.717) is 41.1 Å². The van der Waals surface area contributed by atoms with E-state index in [4.69, 9.17) is 12.2 Å². The molecule has 0 unspecified atom stereocenters. The Morgan fingerprint density at radius 1 is 1.20 bits per heavy atom. The molecule has 0 bridgehead atoms. The smallest absolute Gasteiger partial charge is 0.252 e. The molecule has 4 rings (SSSR count). The second-order valence-electron chi connectivity index (χ2n) is 6.77. The number of fused-ring (bicyclic) bond motifs is 1. The van der Waals surface area contributed by atoms with Crippen molar-refractivity contribution >= 4 is 29.0 Å². The van der Waals surface area contributed by atoms with Gasteiger partial charge in [-0.1, -0.05) is 18.2 Å². The van der Waals surface area contributed by atoms with Gasteiger partial charge in [0.2, 0.25) is 0 Å². The SMILES string of the molecule is CCn1c(CCNC(=O)c2cc(-c3ccc(F)cc3)nc3ccccc23)n[nH]c1=S. The van der Waals surface area contributed by atoms with Crippen LogP contribution in [0.15, 0.2) is 54.6 Å². The quantitative estimate of drug-likeness (QED) is 0.456. The van der Waals surface area contributed by atoms with Gasteiger partial charge in [-0.3, -0.25) is 9.89 Å². The first-order valence-electron chi connectivity index (χ1n) is 9.65. The van der Waals surface area contributed by atoms with E-state index in [-0.39, 0.29) is 11.7 Å². The van der Waals surface area contributed by atoms with Crippen LogP contribution in [-0.4, -0.2) is 32.2 Å². The molecule has 152 valence electrons. The molecule has 0 atom stereocenters. The van der Waals surface area contributed by atoms with E-state index in [1.165, 1.54) is 12.1 Å². The lowest BCUT2D eigenvalue weighted by Crippen LogP contribution is -2.27. The van der Waals surface area contributed by atoms with Crippen molar-refractivity contribution in [3.63, 3.8) is 0 Å². The summed E-state index contributed by atoms with van der Waals surface area (Å²) in [6.45, 7) is 3.13. The highest BCUT2D eigenvalue weighted by Crippen LogP contribution is 2.25. The Kier molecular flexibility index (Phi) is 5.67. The zero-order valence-corrected chi connectivity index (χ0v) is 17.2. The summed E-state index contributed by atoms with van der Waals surface area (Å²) in [5.41, 5.74) is 2.59. The predicted octanol–water partition coefficient (Wildman–Crippen LogP) is 4.29. The van der Waals surface area contributed by atoms with Gasteiger partial charge in [0.15, 0.2) is 4.77 Å². The first-order chi connectivity index (χ1) is 14.6. The monoisotopic (exact) mass is 421 g/mol. The van der Waals surface area contributed by atoms with Crippen LogP contribution in [0.4, 0.5) is 4.39 Å². The highest BCUT2D eigenvalue weighted by atomic mass is 32.1. The second-order valence-corrected chi connectivity index (χ2v) is 7.16. The maximum Gasteiger partial charge on any atom is 0.252 e. The summed E-state index contributed by atoms with van der Waals surface area (Å²) >= 11 is 5.20. The maximum absolute atomic E-state index is 13.3. The van der Waals surface area contributed by atoms with Crippen molar-refractivity contribution in [2.24, 2.45) is 0 Å². The summed E-state index contributed by atoms with van der Waals surface area (Å²) in [5.74, 6) is 0.283. The molecule has 6 nitrogen and oxygen atoms in total. The Labute approximate surface area is 177 Å². The molecular formula is C22H20FN5OS. The first kappa shape index (κ1) is 19.9. The van der Waals surface area contributed by atoms with Gasteiger partial charge in [0, 0.05) is 30.5 Å². The topological polar surface area (TPSA) is 75.6 Å². The summed E-state index contributed by atoms with van der Waals surface area (Å²) in [5, 5.41) is 10.7. The number of halogens is 1. The van der Waals surface area contributed by atoms with Gasteiger partial charge >= 0.3 is 0 Å². The molecule has 2 aromatic carbocycles. The van der Waals surface area contributed by atoms with Crippen molar-refractivity contribution in [2.45, 2.75) is 19.9 Å². The third-order valence-corrected chi connectivity index (χ3v) is 5.20. The molecule has 0 fully saturated rings. The molecule has 0 saturated carbocycles. The summed E-state index contributed by atoms with van der Waals surface area (Å²) in [7, 11) is 0. The van der Waals surface area contributed by atoms with E-state index in [9.17, 15) is 9.18 Å². The number of carbonyl (C=O) groups is 1. The van der Waals surface area contributed by atoms with Gasteiger partial charge in [-0.2, -0.15) is 5.10 Å². The Morgan fingerprint density at radius 2 is 1.97 bits per heavy atom. The zero-order valence-electron chi connectivity index (χ0n) is 16.4. The fraction of sp³-hybridized carbons (Fsp3) is 0.182. The lowest BCUT2D eigenvalue weighted by Gasteiger charge is -2.11. The minimum Gasteiger partial charge on any atom is -0.352 e. The van der Waals surface area contributed by atoms with Crippen LogP contribution in [0.5, 0.6) is 0 Å². The van der Waals surface area contributed by atoms with Gasteiger partial charge in [0.05, 0.1) is 16.8 Å². The summed E-state index contributed by atoms with van der Waals surface area (Å²) in [6.07, 6.45) is 0.556. The summed E-state index contributed by atoms with van der Waals surface area (Å²) in [4.78, 5) is 17.6. The lowest BCUT2D eigenvalue weighted by molar-refractivity contribution is 0.0955. The molecule has 0 aliphatic heterocycles. The maximum atomic E-state index is 13.3. The number of amides is 1. The Bertz CT molecular complexity index is 1260. The minimum atomic E-state index is -0.317. The third kappa shape index (κ3) is 3.99. The number of nitrogens with one attached hydrogen (secondary N) is 2. The van der Waals surface area contributed by atoms with Gasteiger partial charge in [0.25, 0.3) is 5.91 Å². The van der Waals surface area contributed by atoms with Crippen molar-refractivity contribution in [3.05, 3.63) is 76.6 Å². The zero-order chi connectivity index (χ0) is 21.1. The van der Waals surface area contributed by atoms with Crippen molar-refractivity contribution in [2.75, 3.05) is 6.54 Å². The van der Waals surface area contributed by atoms with E-state index >= 15 is 0 Å². The van der Waals surface area contributed by atoms with Crippen LogP contribution in [0.25, 0.3) is 22.2 Å². The number of hydrogen-bond donors (Lipinski definition) is 2. The average Bonchev–Trinajstić information content (AvgIpc) is 3.12. The van der Waals surface area contributed by atoms with Gasteiger partial charge in [0.1, 0.15) is 11.6 Å². The van der Waals surface area contributed by atoms with E-state index in [1.54, 1.807) is 18.2 Å². The number of para-hydroxylation sites is 1. The fourth-order valence-corrected chi connectivity index (χ4v) is 3.66. The molecule has 8 heteroatoms. The second kappa shape index (κ2) is 8.54. The van der Waals surface area contributed by atoms with Crippen LogP contribution in [0, 0.1) is 10.6 Å². The molecule has 30 heavy (non-hydrogen) atoms. The predicted molar refractivity (Wildman–Crippen MR) is 116 cm³/mol. The van der Waals surface area contributed by atoms with Crippen LogP contribution in [0.1, 0.15) is 23.1 Å². The van der Waals surface area contributed by atoms with Crippen LogP contribution in [0.3, 0.4) is 0 Å². The standard InChI is InChI=1S/C22H20FN5OS/c1-2-28-20(26-27-22(28)30)11-12-24-21(29)17-13-19(14-7-9-15(23)10-8-14)25-18-6-4-3-5-16(17)18/h3-10,13H,2,11-12H2,1H3,(H,24,29)(H,27,30). The van der Waals surface area contributed by atoms with Gasteiger partial charge in [-0.25, -0.2) is 9.37 Å². The first-order valence-corrected chi connectivity index (χ1v) is 10.1. The minimum absolute atomic E-state index is 0.200. The lowest BCUT2D eigenvalue weighted by atomic mass is 10.0. The number of pyridine rings is 1. The van der Waals surface area contributed by atoms with Crippen LogP contribution >= 0.6 is 12.2 Å². The molecule has 0 aliphatic carbocycles. The van der Waals surface area contributed by atoms with Gasteiger partial charge in [-0.15, -0.1) is 0 Å². The van der Waals surface area contributed by atoms with Crippen LogP contribution in [-0.2, 0) is 13.0 Å². The average molecular weight is 422 g/mol. The molecular weight excluding hydrogens is 401 g/mol. The Morgan fingerprint density at radius 3 is 2.73 bits per heavy atom. The number of benzene rings is 2.